The van der Waals surface area contributed by atoms with Gasteiger partial charge in [0.1, 0.15) is 5.75 Å². The molecular weight excluding hydrogens is 385 g/mol. The van der Waals surface area contributed by atoms with Crippen LogP contribution in [0.5, 0.6) is 5.75 Å². The van der Waals surface area contributed by atoms with Gasteiger partial charge in [0.15, 0.2) is 6.61 Å². The largest absolute Gasteiger partial charge is 0.483 e. The summed E-state index contributed by atoms with van der Waals surface area (Å²) in [5.41, 5.74) is 0.118. The summed E-state index contributed by atoms with van der Waals surface area (Å²) < 4.78 is 6.17. The van der Waals surface area contributed by atoms with E-state index in [1.165, 1.54) is 17.0 Å². The van der Waals surface area contributed by atoms with Crippen LogP contribution < -0.4 is 4.74 Å². The van der Waals surface area contributed by atoms with Crippen LogP contribution in [0.15, 0.2) is 43.5 Å². The van der Waals surface area contributed by atoms with Gasteiger partial charge in [-0.25, -0.2) is 4.79 Å². The molecule has 112 valence electrons. The highest BCUT2D eigenvalue weighted by molar-refractivity contribution is 14.1. The number of aromatic carboxylic acids is 1. The quantitative estimate of drug-likeness (QED) is 0.537. The van der Waals surface area contributed by atoms with Crippen LogP contribution in [-0.4, -0.2) is 41.6 Å². The van der Waals surface area contributed by atoms with Crippen LogP contribution in [0.1, 0.15) is 10.4 Å². The average Bonchev–Trinajstić information content (AvgIpc) is 2.45. The summed E-state index contributed by atoms with van der Waals surface area (Å²) in [6, 6.07) is 4.53. The van der Waals surface area contributed by atoms with E-state index in [1.54, 1.807) is 18.2 Å². The number of halogens is 1. The first-order chi connectivity index (χ1) is 9.99. The number of amides is 1. The summed E-state index contributed by atoms with van der Waals surface area (Å²) >= 11 is 2.02. The molecule has 0 radical (unpaired) electrons. The lowest BCUT2D eigenvalue weighted by Gasteiger charge is -2.19. The molecule has 0 aromatic heterocycles. The minimum absolute atomic E-state index is 0.118. The first-order valence-electron chi connectivity index (χ1n) is 6.14. The third kappa shape index (κ3) is 5.22. The van der Waals surface area contributed by atoms with Gasteiger partial charge in [-0.3, -0.25) is 4.79 Å². The molecule has 0 saturated carbocycles. The van der Waals surface area contributed by atoms with Gasteiger partial charge in [0.2, 0.25) is 0 Å². The van der Waals surface area contributed by atoms with Crippen molar-refractivity contribution < 1.29 is 19.4 Å². The van der Waals surface area contributed by atoms with Crippen LogP contribution in [0.25, 0.3) is 0 Å². The molecule has 0 aliphatic heterocycles. The molecule has 0 aliphatic rings. The van der Waals surface area contributed by atoms with Gasteiger partial charge in [-0.05, 0) is 40.8 Å². The van der Waals surface area contributed by atoms with Crippen LogP contribution >= 0.6 is 22.6 Å². The number of hydrogen-bond acceptors (Lipinski definition) is 3. The molecule has 0 spiro atoms. The molecule has 0 aliphatic carbocycles. The Bertz CT molecular complexity index is 547. The second-order valence-electron chi connectivity index (χ2n) is 4.12. The van der Waals surface area contributed by atoms with E-state index in [-0.39, 0.29) is 18.1 Å². The predicted molar refractivity (Wildman–Crippen MR) is 88.6 cm³/mol. The molecule has 0 atom stereocenters. The van der Waals surface area contributed by atoms with Crippen molar-refractivity contribution in [2.24, 2.45) is 0 Å². The number of hydrogen-bond donors (Lipinski definition) is 1. The van der Waals surface area contributed by atoms with Crippen molar-refractivity contribution >= 4 is 34.5 Å². The first kappa shape index (κ1) is 17.2. The fourth-order valence-electron chi connectivity index (χ4n) is 1.57. The maximum Gasteiger partial charge on any atom is 0.335 e. The van der Waals surface area contributed by atoms with E-state index < -0.39 is 5.97 Å². The van der Waals surface area contributed by atoms with E-state index >= 15 is 0 Å². The zero-order valence-electron chi connectivity index (χ0n) is 11.4. The second-order valence-corrected chi connectivity index (χ2v) is 5.28. The van der Waals surface area contributed by atoms with E-state index in [4.69, 9.17) is 9.84 Å². The summed E-state index contributed by atoms with van der Waals surface area (Å²) in [4.78, 5) is 24.5. The third-order valence-corrected chi connectivity index (χ3v) is 3.47. The Morgan fingerprint density at radius 3 is 2.43 bits per heavy atom. The van der Waals surface area contributed by atoms with Crippen molar-refractivity contribution in [1.29, 1.82) is 0 Å². The van der Waals surface area contributed by atoms with Gasteiger partial charge >= 0.3 is 5.97 Å². The molecule has 0 unspecified atom stereocenters. The number of nitrogens with zero attached hydrogens (tertiary/aromatic N) is 1. The van der Waals surface area contributed by atoms with E-state index in [0.29, 0.717) is 18.8 Å². The van der Waals surface area contributed by atoms with Crippen molar-refractivity contribution in [3.8, 4) is 5.75 Å². The van der Waals surface area contributed by atoms with Crippen LogP contribution in [-0.2, 0) is 4.79 Å². The fourth-order valence-corrected chi connectivity index (χ4v) is 2.06. The summed E-state index contributed by atoms with van der Waals surface area (Å²) in [5, 5.41) is 8.95. The van der Waals surface area contributed by atoms with E-state index in [1.807, 2.05) is 22.6 Å². The standard InChI is InChI=1S/C15H16INO4/c1-3-7-17(8-4-2)14(18)10-21-13-9-11(15(19)20)5-6-12(13)16/h3-6,9H,1-2,7-8,10H2,(H,19,20). The Balaban J connectivity index is 2.75. The van der Waals surface area contributed by atoms with Crippen LogP contribution in [0.2, 0.25) is 0 Å². The SMILES string of the molecule is C=CCN(CC=C)C(=O)COc1cc(C(=O)O)ccc1I. The van der Waals surface area contributed by atoms with Gasteiger partial charge < -0.3 is 14.7 Å². The Morgan fingerprint density at radius 2 is 1.90 bits per heavy atom. The van der Waals surface area contributed by atoms with Gasteiger partial charge in [0.05, 0.1) is 9.13 Å². The monoisotopic (exact) mass is 401 g/mol. The van der Waals surface area contributed by atoms with Gasteiger partial charge in [-0.15, -0.1) is 13.2 Å². The van der Waals surface area contributed by atoms with Gasteiger partial charge in [-0.2, -0.15) is 0 Å². The molecule has 6 heteroatoms. The van der Waals surface area contributed by atoms with Crippen LogP contribution in [0.4, 0.5) is 0 Å². The minimum atomic E-state index is -1.04. The fraction of sp³-hybridized carbons (Fsp3) is 0.200. The summed E-state index contributed by atoms with van der Waals surface area (Å²) in [6.45, 7) is 7.83. The molecule has 1 aromatic rings. The average molecular weight is 401 g/mol. The molecule has 1 N–H and O–H groups in total. The number of rotatable bonds is 8. The normalized spacial score (nSPS) is 9.76. The number of carboxylic acid groups (broad SMARTS) is 1. The Morgan fingerprint density at radius 1 is 1.29 bits per heavy atom. The van der Waals surface area contributed by atoms with Crippen molar-refractivity contribution in [1.82, 2.24) is 4.90 Å². The Kier molecular flexibility index (Phi) is 6.93. The van der Waals surface area contributed by atoms with Gasteiger partial charge in [0.25, 0.3) is 5.91 Å². The Labute approximate surface area is 137 Å². The maximum absolute atomic E-state index is 12.0. The van der Waals surface area contributed by atoms with E-state index in [0.717, 1.165) is 3.57 Å². The highest BCUT2D eigenvalue weighted by Crippen LogP contribution is 2.22. The van der Waals surface area contributed by atoms with Gasteiger partial charge in [0, 0.05) is 13.1 Å². The van der Waals surface area contributed by atoms with Crippen molar-refractivity contribution in [3.63, 3.8) is 0 Å². The zero-order chi connectivity index (χ0) is 15.8. The highest BCUT2D eigenvalue weighted by atomic mass is 127. The van der Waals surface area contributed by atoms with Crippen molar-refractivity contribution in [2.75, 3.05) is 19.7 Å². The van der Waals surface area contributed by atoms with Crippen molar-refractivity contribution in [3.05, 3.63) is 52.6 Å². The lowest BCUT2D eigenvalue weighted by molar-refractivity contribution is -0.132. The molecule has 0 fully saturated rings. The topological polar surface area (TPSA) is 66.8 Å². The summed E-state index contributed by atoms with van der Waals surface area (Å²) in [5.74, 6) is -0.880. The molecule has 1 amide bonds. The van der Waals surface area contributed by atoms with Gasteiger partial charge in [-0.1, -0.05) is 12.2 Å². The van der Waals surface area contributed by atoms with Crippen molar-refractivity contribution in [2.45, 2.75) is 0 Å². The number of ether oxygens (including phenoxy) is 1. The number of benzene rings is 1. The van der Waals surface area contributed by atoms with E-state index in [9.17, 15) is 9.59 Å². The second kappa shape index (κ2) is 8.46. The van der Waals surface area contributed by atoms with Crippen LogP contribution in [0, 0.1) is 3.57 Å². The predicted octanol–water partition coefficient (Wildman–Crippen LogP) is 2.57. The molecule has 1 aromatic carbocycles. The number of carbonyl (C=O) groups is 2. The van der Waals surface area contributed by atoms with E-state index in [2.05, 4.69) is 13.2 Å². The third-order valence-electron chi connectivity index (χ3n) is 2.58. The minimum Gasteiger partial charge on any atom is -0.483 e. The number of carboxylic acids is 1. The van der Waals surface area contributed by atoms with Crippen LogP contribution in [0.3, 0.4) is 0 Å². The summed E-state index contributed by atoms with van der Waals surface area (Å²) in [7, 11) is 0. The smallest absolute Gasteiger partial charge is 0.335 e. The molecule has 21 heavy (non-hydrogen) atoms. The lowest BCUT2D eigenvalue weighted by Crippen LogP contribution is -2.35. The first-order valence-corrected chi connectivity index (χ1v) is 7.22. The lowest BCUT2D eigenvalue weighted by atomic mass is 10.2. The molecule has 0 saturated heterocycles. The number of carbonyl (C=O) groups excluding carboxylic acids is 1. The Hall–Kier alpha value is -1.83. The maximum atomic E-state index is 12.0. The molecule has 5 nitrogen and oxygen atoms in total. The molecule has 1 rings (SSSR count). The summed E-state index contributed by atoms with van der Waals surface area (Å²) in [6.07, 6.45) is 3.24. The molecule has 0 bridgehead atoms. The highest BCUT2D eigenvalue weighted by Gasteiger charge is 2.13. The molecule has 0 heterocycles. The molecular formula is C15H16INO4. The zero-order valence-corrected chi connectivity index (χ0v) is 13.6.